The number of pyridine rings is 1. The highest BCUT2D eigenvalue weighted by molar-refractivity contribution is 5.86. The van der Waals surface area contributed by atoms with E-state index in [0.29, 0.717) is 19.2 Å². The van der Waals surface area contributed by atoms with Gasteiger partial charge in [0.05, 0.1) is 30.2 Å². The number of hydrogen-bond donors (Lipinski definition) is 0. The Labute approximate surface area is 170 Å². The summed E-state index contributed by atoms with van der Waals surface area (Å²) in [7, 11) is 2.17. The molecule has 29 heavy (non-hydrogen) atoms. The molecule has 5 rings (SSSR count). The van der Waals surface area contributed by atoms with Crippen LogP contribution in [0, 0.1) is 0 Å². The Morgan fingerprint density at radius 3 is 2.90 bits per heavy atom. The van der Waals surface area contributed by atoms with Crippen molar-refractivity contribution < 1.29 is 4.74 Å². The van der Waals surface area contributed by atoms with Gasteiger partial charge >= 0.3 is 0 Å². The summed E-state index contributed by atoms with van der Waals surface area (Å²) in [6.45, 7) is 4.29. The van der Waals surface area contributed by atoms with Crippen molar-refractivity contribution >= 4 is 16.7 Å². The van der Waals surface area contributed by atoms with E-state index in [9.17, 15) is 4.79 Å². The summed E-state index contributed by atoms with van der Waals surface area (Å²) in [5, 5.41) is 0. The highest BCUT2D eigenvalue weighted by Gasteiger charge is 2.27. The first-order chi connectivity index (χ1) is 14.1. The van der Waals surface area contributed by atoms with E-state index in [-0.39, 0.29) is 11.6 Å². The van der Waals surface area contributed by atoms with Crippen LogP contribution >= 0.6 is 0 Å². The topological polar surface area (TPSA) is 52.3 Å². The maximum absolute atomic E-state index is 12.3. The molecule has 0 saturated carbocycles. The molecule has 0 bridgehead atoms. The molecule has 4 heterocycles. The molecule has 0 N–H and O–H groups in total. The highest BCUT2D eigenvalue weighted by Crippen LogP contribution is 2.37. The number of aryl methyl sites for hydroxylation is 1. The largest absolute Gasteiger partial charge is 0.379 e. The summed E-state index contributed by atoms with van der Waals surface area (Å²) < 4.78 is 9.88. The Hall–Kier alpha value is -2.60. The molecule has 0 radical (unpaired) electrons. The average Bonchev–Trinajstić information content (AvgIpc) is 3.11. The Balaban J connectivity index is 1.68. The molecule has 2 aliphatic heterocycles. The van der Waals surface area contributed by atoms with Gasteiger partial charge in [-0.15, -0.1) is 0 Å². The smallest absolute Gasteiger partial charge is 0.250 e. The Morgan fingerprint density at radius 1 is 1.21 bits per heavy atom. The molecule has 2 unspecified atom stereocenters. The molecule has 1 fully saturated rings. The number of aromatic nitrogens is 3. The molecule has 2 atom stereocenters. The lowest BCUT2D eigenvalue weighted by Gasteiger charge is -2.34. The molecule has 0 spiro atoms. The Kier molecular flexibility index (Phi) is 4.66. The first-order valence-electron chi connectivity index (χ1n) is 10.6. The van der Waals surface area contributed by atoms with Crippen molar-refractivity contribution in [2.75, 3.05) is 25.2 Å². The quantitative estimate of drug-likeness (QED) is 0.686. The summed E-state index contributed by atoms with van der Waals surface area (Å²) in [5.74, 6) is 0.943. The number of fused-ring (bicyclic) bond motifs is 3. The zero-order chi connectivity index (χ0) is 20.0. The summed E-state index contributed by atoms with van der Waals surface area (Å²) in [6.07, 6.45) is 6.15. The van der Waals surface area contributed by atoms with Crippen molar-refractivity contribution in [1.82, 2.24) is 14.1 Å². The van der Waals surface area contributed by atoms with E-state index >= 15 is 0 Å². The minimum atomic E-state index is 0.00147. The number of imidazole rings is 1. The van der Waals surface area contributed by atoms with Crippen LogP contribution in [0.2, 0.25) is 0 Å². The zero-order valence-electron chi connectivity index (χ0n) is 17.2. The van der Waals surface area contributed by atoms with Crippen LogP contribution in [0.3, 0.4) is 0 Å². The molecule has 6 heteroatoms. The summed E-state index contributed by atoms with van der Waals surface area (Å²) in [6, 6.07) is 10.5. The van der Waals surface area contributed by atoms with E-state index in [1.807, 2.05) is 12.3 Å². The number of anilines is 1. The second-order valence-electron chi connectivity index (χ2n) is 8.37. The van der Waals surface area contributed by atoms with Crippen LogP contribution in [0.15, 0.2) is 41.3 Å². The van der Waals surface area contributed by atoms with E-state index in [2.05, 4.69) is 35.6 Å². The number of nitrogens with zero attached hydrogens (tertiary/aromatic N) is 4. The van der Waals surface area contributed by atoms with Gasteiger partial charge in [-0.25, -0.2) is 4.98 Å². The number of rotatable bonds is 3. The average molecular weight is 393 g/mol. The standard InChI is InChI=1S/C23H28N4O2/c1-16-8-9-18-19(25(16)2)10-11-20-23(18)24-21(14-26-12-4-3-7-22(26)28)27(20)17-6-5-13-29-15-17/h3-4,7,10-12,16-17H,5-6,8-9,13-15H2,1-2H3. The van der Waals surface area contributed by atoms with Crippen molar-refractivity contribution in [1.29, 1.82) is 0 Å². The third kappa shape index (κ3) is 3.15. The van der Waals surface area contributed by atoms with Crippen molar-refractivity contribution in [3.8, 4) is 0 Å². The summed E-state index contributed by atoms with van der Waals surface area (Å²) >= 11 is 0. The van der Waals surface area contributed by atoms with Gasteiger partial charge in [0.25, 0.3) is 5.56 Å². The van der Waals surface area contributed by atoms with E-state index in [1.54, 1.807) is 16.7 Å². The van der Waals surface area contributed by atoms with E-state index in [0.717, 1.165) is 43.6 Å². The number of ether oxygens (including phenoxy) is 1. The molecule has 2 aliphatic rings. The zero-order valence-corrected chi connectivity index (χ0v) is 17.2. The SMILES string of the molecule is CC1CCc2c(ccc3c2nc(Cn2ccccc2=O)n3C2CCCOC2)N1C. The van der Waals surface area contributed by atoms with E-state index in [4.69, 9.17) is 9.72 Å². The van der Waals surface area contributed by atoms with Crippen LogP contribution in [-0.4, -0.2) is 40.4 Å². The Bertz CT molecular complexity index is 1090. The first-order valence-corrected chi connectivity index (χ1v) is 10.6. The molecule has 0 aliphatic carbocycles. The van der Waals surface area contributed by atoms with E-state index in [1.165, 1.54) is 16.8 Å². The second kappa shape index (κ2) is 7.34. The van der Waals surface area contributed by atoms with E-state index < -0.39 is 0 Å². The van der Waals surface area contributed by atoms with Crippen molar-refractivity contribution in [3.05, 3.63) is 58.3 Å². The van der Waals surface area contributed by atoms with Crippen LogP contribution in [0.1, 0.15) is 43.6 Å². The van der Waals surface area contributed by atoms with Crippen molar-refractivity contribution in [2.24, 2.45) is 0 Å². The lowest BCUT2D eigenvalue weighted by atomic mass is 9.96. The third-order valence-corrected chi connectivity index (χ3v) is 6.58. The van der Waals surface area contributed by atoms with Crippen LogP contribution in [-0.2, 0) is 17.7 Å². The van der Waals surface area contributed by atoms with Crippen LogP contribution in [0.25, 0.3) is 11.0 Å². The van der Waals surface area contributed by atoms with Gasteiger partial charge in [-0.3, -0.25) is 4.79 Å². The van der Waals surface area contributed by atoms with Gasteiger partial charge in [-0.05, 0) is 50.8 Å². The van der Waals surface area contributed by atoms with Crippen LogP contribution in [0.4, 0.5) is 5.69 Å². The molecular formula is C23H28N4O2. The van der Waals surface area contributed by atoms with Gasteiger partial charge in [0.15, 0.2) is 0 Å². The number of benzene rings is 1. The van der Waals surface area contributed by atoms with Gasteiger partial charge < -0.3 is 18.8 Å². The normalized spacial score (nSPS) is 22.1. The highest BCUT2D eigenvalue weighted by atomic mass is 16.5. The molecule has 152 valence electrons. The van der Waals surface area contributed by atoms with Gasteiger partial charge in [-0.1, -0.05) is 6.07 Å². The first kappa shape index (κ1) is 18.4. The maximum atomic E-state index is 12.3. The Morgan fingerprint density at radius 2 is 2.10 bits per heavy atom. The third-order valence-electron chi connectivity index (χ3n) is 6.58. The van der Waals surface area contributed by atoms with Gasteiger partial charge in [0, 0.05) is 43.2 Å². The predicted octanol–water partition coefficient (Wildman–Crippen LogP) is 3.37. The van der Waals surface area contributed by atoms with Crippen molar-refractivity contribution in [2.45, 2.75) is 51.2 Å². The van der Waals surface area contributed by atoms with Gasteiger partial charge in [-0.2, -0.15) is 0 Å². The van der Waals surface area contributed by atoms with Gasteiger partial charge in [0.1, 0.15) is 5.82 Å². The lowest BCUT2D eigenvalue weighted by molar-refractivity contribution is 0.0594. The van der Waals surface area contributed by atoms with Crippen molar-refractivity contribution in [3.63, 3.8) is 0 Å². The van der Waals surface area contributed by atoms with Crippen LogP contribution < -0.4 is 10.5 Å². The van der Waals surface area contributed by atoms with Crippen LogP contribution in [0.5, 0.6) is 0 Å². The predicted molar refractivity (Wildman–Crippen MR) is 115 cm³/mol. The monoisotopic (exact) mass is 392 g/mol. The molecule has 0 amide bonds. The minimum Gasteiger partial charge on any atom is -0.379 e. The fourth-order valence-corrected chi connectivity index (χ4v) is 4.81. The summed E-state index contributed by atoms with van der Waals surface area (Å²) in [4.78, 5) is 19.8. The summed E-state index contributed by atoms with van der Waals surface area (Å²) in [5.41, 5.74) is 4.87. The molecule has 2 aromatic heterocycles. The maximum Gasteiger partial charge on any atom is 0.250 e. The molecule has 1 aromatic carbocycles. The number of hydrogen-bond acceptors (Lipinski definition) is 4. The lowest BCUT2D eigenvalue weighted by Crippen LogP contribution is -2.33. The fraction of sp³-hybridized carbons (Fsp3) is 0.478. The minimum absolute atomic E-state index is 0.00147. The molecule has 3 aromatic rings. The van der Waals surface area contributed by atoms with Gasteiger partial charge in [0.2, 0.25) is 0 Å². The molecular weight excluding hydrogens is 364 g/mol. The molecule has 1 saturated heterocycles. The molecule has 6 nitrogen and oxygen atoms in total. The second-order valence-corrected chi connectivity index (χ2v) is 8.37. The fourth-order valence-electron chi connectivity index (χ4n) is 4.81.